The van der Waals surface area contributed by atoms with E-state index in [0.717, 1.165) is 29.5 Å². The minimum atomic E-state index is -0.475. The van der Waals surface area contributed by atoms with E-state index in [1.807, 2.05) is 42.6 Å². The van der Waals surface area contributed by atoms with Gasteiger partial charge in [-0.2, -0.15) is 5.10 Å². The number of aryl methyl sites for hydroxylation is 1. The van der Waals surface area contributed by atoms with Crippen LogP contribution in [0.1, 0.15) is 12.8 Å². The number of aromatic nitrogens is 4. The lowest BCUT2D eigenvalue weighted by Crippen LogP contribution is -2.21. The van der Waals surface area contributed by atoms with E-state index in [2.05, 4.69) is 15.1 Å². The molecule has 0 amide bonds. The van der Waals surface area contributed by atoms with Crippen LogP contribution >= 0.6 is 0 Å². The molecule has 0 N–H and O–H groups in total. The second kappa shape index (κ2) is 10.3. The maximum Gasteiger partial charge on any atom is 0.188 e. The Morgan fingerprint density at radius 2 is 1.94 bits per heavy atom. The first-order valence-electron chi connectivity index (χ1n) is 10.9. The molecular formula is C25H27FN6O2. The van der Waals surface area contributed by atoms with Crippen LogP contribution in [0.2, 0.25) is 0 Å². The van der Waals surface area contributed by atoms with Crippen LogP contribution < -0.4 is 14.4 Å². The standard InChI is InChI=1S/C25H27FN6O2/c1-27-9-5-6-10-32(22-12-19(33-3)13-23(34-4)25(22)26)24-8-7-20-21(30-24)11-17(14-28-20)18-15-29-31(2)16-18/h7-9,11-16H,5-6,10H2,1-4H3. The molecule has 1 aromatic carbocycles. The molecule has 0 aliphatic heterocycles. The summed E-state index contributed by atoms with van der Waals surface area (Å²) in [6, 6.07) is 8.88. The Morgan fingerprint density at radius 3 is 2.65 bits per heavy atom. The highest BCUT2D eigenvalue weighted by Gasteiger charge is 2.20. The zero-order chi connectivity index (χ0) is 24.1. The summed E-state index contributed by atoms with van der Waals surface area (Å²) in [6.07, 6.45) is 8.87. The van der Waals surface area contributed by atoms with Gasteiger partial charge in [0.05, 0.1) is 37.1 Å². The summed E-state index contributed by atoms with van der Waals surface area (Å²) in [5, 5.41) is 4.23. The molecule has 0 radical (unpaired) electrons. The zero-order valence-electron chi connectivity index (χ0n) is 19.7. The van der Waals surface area contributed by atoms with Crippen molar-refractivity contribution in [3.63, 3.8) is 0 Å². The summed E-state index contributed by atoms with van der Waals surface area (Å²) in [4.78, 5) is 15.3. The van der Waals surface area contributed by atoms with Crippen LogP contribution in [-0.2, 0) is 7.05 Å². The highest BCUT2D eigenvalue weighted by molar-refractivity contribution is 5.82. The van der Waals surface area contributed by atoms with Crippen molar-refractivity contribution in [3.05, 3.63) is 54.7 Å². The Balaban J connectivity index is 1.80. The number of hydrogen-bond donors (Lipinski definition) is 0. The number of ether oxygens (including phenoxy) is 2. The fourth-order valence-electron chi connectivity index (χ4n) is 3.72. The van der Waals surface area contributed by atoms with Gasteiger partial charge in [-0.15, -0.1) is 0 Å². The first-order valence-corrected chi connectivity index (χ1v) is 10.9. The first kappa shape index (κ1) is 23.2. The molecule has 0 aliphatic carbocycles. The molecule has 0 saturated heterocycles. The molecule has 0 spiro atoms. The second-order valence-corrected chi connectivity index (χ2v) is 7.73. The Hall–Kier alpha value is -4.01. The Morgan fingerprint density at radius 1 is 1.09 bits per heavy atom. The van der Waals surface area contributed by atoms with Gasteiger partial charge in [0.1, 0.15) is 11.6 Å². The second-order valence-electron chi connectivity index (χ2n) is 7.73. The number of hydrogen-bond acceptors (Lipinski definition) is 7. The number of fused-ring (bicyclic) bond motifs is 1. The van der Waals surface area contributed by atoms with E-state index in [-0.39, 0.29) is 5.75 Å². The average molecular weight is 463 g/mol. The number of halogens is 1. The number of unbranched alkanes of at least 4 members (excludes halogenated alkanes) is 1. The Kier molecular flexibility index (Phi) is 7.01. The molecule has 0 fully saturated rings. The molecule has 4 rings (SSSR count). The van der Waals surface area contributed by atoms with Crippen LogP contribution in [-0.4, -0.2) is 53.8 Å². The van der Waals surface area contributed by atoms with Crippen LogP contribution in [0.15, 0.2) is 53.9 Å². The van der Waals surface area contributed by atoms with Crippen molar-refractivity contribution >= 4 is 28.8 Å². The fraction of sp³-hybridized carbons (Fsp3) is 0.280. The molecule has 34 heavy (non-hydrogen) atoms. The third kappa shape index (κ3) is 4.83. The number of methoxy groups -OCH3 is 2. The van der Waals surface area contributed by atoms with E-state index in [1.54, 1.807) is 37.3 Å². The van der Waals surface area contributed by atoms with Crippen LogP contribution in [0.5, 0.6) is 11.5 Å². The fourth-order valence-corrected chi connectivity index (χ4v) is 3.72. The molecule has 9 heteroatoms. The maximum absolute atomic E-state index is 15.4. The largest absolute Gasteiger partial charge is 0.497 e. The maximum atomic E-state index is 15.4. The van der Waals surface area contributed by atoms with Gasteiger partial charge in [-0.1, -0.05) is 0 Å². The predicted molar refractivity (Wildman–Crippen MR) is 132 cm³/mol. The van der Waals surface area contributed by atoms with Crippen LogP contribution in [0.25, 0.3) is 22.2 Å². The first-order chi connectivity index (χ1) is 16.5. The molecule has 176 valence electrons. The van der Waals surface area contributed by atoms with Crippen molar-refractivity contribution in [2.24, 2.45) is 12.0 Å². The highest BCUT2D eigenvalue weighted by atomic mass is 19.1. The number of rotatable bonds is 9. The molecule has 0 unspecified atom stereocenters. The third-order valence-electron chi connectivity index (χ3n) is 5.47. The lowest BCUT2D eigenvalue weighted by molar-refractivity contribution is 0.374. The molecule has 0 saturated carbocycles. The van der Waals surface area contributed by atoms with Crippen molar-refractivity contribution in [3.8, 4) is 22.6 Å². The van der Waals surface area contributed by atoms with E-state index in [1.165, 1.54) is 13.2 Å². The lowest BCUT2D eigenvalue weighted by atomic mass is 10.1. The van der Waals surface area contributed by atoms with Crippen molar-refractivity contribution in [1.82, 2.24) is 19.7 Å². The summed E-state index contributed by atoms with van der Waals surface area (Å²) in [5.41, 5.74) is 3.63. The van der Waals surface area contributed by atoms with Crippen molar-refractivity contribution in [1.29, 1.82) is 0 Å². The number of pyridine rings is 2. The van der Waals surface area contributed by atoms with Gasteiger partial charge in [-0.3, -0.25) is 9.67 Å². The molecule has 0 bridgehead atoms. The molecule has 3 heterocycles. The van der Waals surface area contributed by atoms with Crippen LogP contribution in [0.4, 0.5) is 15.9 Å². The smallest absolute Gasteiger partial charge is 0.188 e. The summed E-state index contributed by atoms with van der Waals surface area (Å²) in [6.45, 7) is 0.521. The number of nitrogens with zero attached hydrogens (tertiary/aromatic N) is 6. The number of anilines is 2. The van der Waals surface area contributed by atoms with Gasteiger partial charge in [-0.05, 0) is 37.3 Å². The molecule has 8 nitrogen and oxygen atoms in total. The Bertz CT molecular complexity index is 1320. The summed E-state index contributed by atoms with van der Waals surface area (Å²) in [5.74, 6) is 0.724. The molecular weight excluding hydrogens is 435 g/mol. The van der Waals surface area contributed by atoms with Crippen LogP contribution in [0.3, 0.4) is 0 Å². The topological polar surface area (TPSA) is 77.7 Å². The van der Waals surface area contributed by atoms with Crippen LogP contribution in [0, 0.1) is 5.82 Å². The van der Waals surface area contributed by atoms with Gasteiger partial charge in [0.15, 0.2) is 11.6 Å². The SMILES string of the molecule is CN=CCCCN(c1ccc2ncc(-c3cnn(C)c3)cc2n1)c1cc(OC)cc(OC)c1F. The van der Waals surface area contributed by atoms with Gasteiger partial charge in [-0.25, -0.2) is 9.37 Å². The van der Waals surface area contributed by atoms with Gasteiger partial charge in [0.2, 0.25) is 0 Å². The lowest BCUT2D eigenvalue weighted by Gasteiger charge is -2.25. The highest BCUT2D eigenvalue weighted by Crippen LogP contribution is 2.37. The van der Waals surface area contributed by atoms with E-state index < -0.39 is 5.82 Å². The zero-order valence-corrected chi connectivity index (χ0v) is 19.7. The molecule has 4 aromatic rings. The van der Waals surface area contributed by atoms with Gasteiger partial charge in [0, 0.05) is 56.3 Å². The summed E-state index contributed by atoms with van der Waals surface area (Å²) in [7, 11) is 6.58. The van der Waals surface area contributed by atoms with E-state index in [4.69, 9.17) is 14.5 Å². The Labute approximate surface area is 197 Å². The van der Waals surface area contributed by atoms with E-state index in [9.17, 15) is 0 Å². The van der Waals surface area contributed by atoms with E-state index in [0.29, 0.717) is 29.3 Å². The number of benzene rings is 1. The minimum absolute atomic E-state index is 0.107. The normalized spacial score (nSPS) is 11.3. The summed E-state index contributed by atoms with van der Waals surface area (Å²) >= 11 is 0. The molecule has 0 aliphatic rings. The van der Waals surface area contributed by atoms with Crippen molar-refractivity contribution < 1.29 is 13.9 Å². The number of aliphatic imine (C=N–C) groups is 1. The third-order valence-corrected chi connectivity index (χ3v) is 5.47. The van der Waals surface area contributed by atoms with Gasteiger partial charge < -0.3 is 19.4 Å². The molecule has 0 atom stereocenters. The molecule has 3 aromatic heterocycles. The van der Waals surface area contributed by atoms with Gasteiger partial charge in [0.25, 0.3) is 0 Å². The monoisotopic (exact) mass is 462 g/mol. The average Bonchev–Trinajstić information content (AvgIpc) is 3.30. The predicted octanol–water partition coefficient (Wildman–Crippen LogP) is 4.81. The minimum Gasteiger partial charge on any atom is -0.497 e. The van der Waals surface area contributed by atoms with Crippen molar-refractivity contribution in [2.45, 2.75) is 12.8 Å². The van der Waals surface area contributed by atoms with Crippen molar-refractivity contribution in [2.75, 3.05) is 32.7 Å². The van der Waals surface area contributed by atoms with Gasteiger partial charge >= 0.3 is 0 Å². The quantitative estimate of drug-likeness (QED) is 0.263. The van der Waals surface area contributed by atoms with E-state index >= 15 is 4.39 Å². The summed E-state index contributed by atoms with van der Waals surface area (Å²) < 4.78 is 27.8.